The van der Waals surface area contributed by atoms with Crippen molar-refractivity contribution in [1.82, 2.24) is 0 Å². The molecule has 0 spiro atoms. The summed E-state index contributed by atoms with van der Waals surface area (Å²) < 4.78 is 26.7. The highest BCUT2D eigenvalue weighted by atomic mass is 19.1. The zero-order valence-electron chi connectivity index (χ0n) is 11.7. The van der Waals surface area contributed by atoms with Crippen molar-refractivity contribution in [2.45, 2.75) is 32.3 Å². The molecule has 0 saturated heterocycles. The average molecular weight is 276 g/mol. The fourth-order valence-electron chi connectivity index (χ4n) is 2.35. The molecule has 0 saturated carbocycles. The number of aryl methyl sites for hydroxylation is 1. The topological polar surface area (TPSA) is 20.2 Å². The molecule has 0 radical (unpaired) electrons. The van der Waals surface area contributed by atoms with Crippen LogP contribution < -0.4 is 0 Å². The summed E-state index contributed by atoms with van der Waals surface area (Å²) in [5, 5.41) is 10.8. The van der Waals surface area contributed by atoms with Gasteiger partial charge in [-0.2, -0.15) is 0 Å². The van der Waals surface area contributed by atoms with Crippen LogP contribution in [0.3, 0.4) is 0 Å². The molecule has 1 N–H and O–H groups in total. The van der Waals surface area contributed by atoms with Crippen molar-refractivity contribution in [3.63, 3.8) is 0 Å². The maximum absolute atomic E-state index is 13.4. The standard InChI is InChI=1S/C17H18F2O/c1-3-17(20,14-5-4-6-15(18)10-14)11-13-9-16(19)8-7-12(13)2/h4-10,20H,3,11H2,1-2H3. The van der Waals surface area contributed by atoms with Gasteiger partial charge in [0.1, 0.15) is 11.6 Å². The van der Waals surface area contributed by atoms with E-state index in [0.717, 1.165) is 11.1 Å². The summed E-state index contributed by atoms with van der Waals surface area (Å²) in [4.78, 5) is 0. The first kappa shape index (κ1) is 14.7. The minimum Gasteiger partial charge on any atom is -0.385 e. The number of benzene rings is 2. The lowest BCUT2D eigenvalue weighted by Crippen LogP contribution is -2.28. The zero-order valence-corrected chi connectivity index (χ0v) is 11.7. The van der Waals surface area contributed by atoms with Crippen molar-refractivity contribution >= 4 is 0 Å². The maximum Gasteiger partial charge on any atom is 0.123 e. The van der Waals surface area contributed by atoms with Gasteiger partial charge in [-0.1, -0.05) is 25.1 Å². The van der Waals surface area contributed by atoms with Crippen molar-refractivity contribution in [2.24, 2.45) is 0 Å². The molecule has 0 aliphatic carbocycles. The van der Waals surface area contributed by atoms with E-state index in [0.29, 0.717) is 12.0 Å². The quantitative estimate of drug-likeness (QED) is 0.891. The Balaban J connectivity index is 2.39. The lowest BCUT2D eigenvalue weighted by Gasteiger charge is -2.28. The van der Waals surface area contributed by atoms with Crippen LogP contribution >= 0.6 is 0 Å². The van der Waals surface area contributed by atoms with Gasteiger partial charge in [0.2, 0.25) is 0 Å². The summed E-state index contributed by atoms with van der Waals surface area (Å²) in [7, 11) is 0. The molecule has 2 aromatic rings. The van der Waals surface area contributed by atoms with Gasteiger partial charge < -0.3 is 5.11 Å². The monoisotopic (exact) mass is 276 g/mol. The van der Waals surface area contributed by atoms with Crippen molar-refractivity contribution in [2.75, 3.05) is 0 Å². The molecule has 106 valence electrons. The van der Waals surface area contributed by atoms with E-state index in [1.165, 1.54) is 24.3 Å². The number of hydrogen-bond acceptors (Lipinski definition) is 1. The van der Waals surface area contributed by atoms with Crippen LogP contribution in [0.15, 0.2) is 42.5 Å². The van der Waals surface area contributed by atoms with Crippen LogP contribution in [0.25, 0.3) is 0 Å². The Morgan fingerprint density at radius 1 is 1.05 bits per heavy atom. The Labute approximate surface area is 117 Å². The molecular formula is C17H18F2O. The molecule has 0 fully saturated rings. The van der Waals surface area contributed by atoms with Crippen molar-refractivity contribution < 1.29 is 13.9 Å². The Hall–Kier alpha value is -1.74. The highest BCUT2D eigenvalue weighted by Crippen LogP contribution is 2.30. The van der Waals surface area contributed by atoms with Crippen LogP contribution in [0.4, 0.5) is 8.78 Å². The summed E-state index contributed by atoms with van der Waals surface area (Å²) in [6, 6.07) is 10.4. The van der Waals surface area contributed by atoms with Crippen molar-refractivity contribution in [1.29, 1.82) is 0 Å². The van der Waals surface area contributed by atoms with Crippen LogP contribution in [-0.4, -0.2) is 5.11 Å². The predicted octanol–water partition coefficient (Wildman–Crippen LogP) is 4.11. The molecule has 0 heterocycles. The lowest BCUT2D eigenvalue weighted by molar-refractivity contribution is 0.0322. The molecular weight excluding hydrogens is 258 g/mol. The molecule has 1 atom stereocenters. The van der Waals surface area contributed by atoms with E-state index in [4.69, 9.17) is 0 Å². The van der Waals surface area contributed by atoms with Gasteiger partial charge >= 0.3 is 0 Å². The largest absolute Gasteiger partial charge is 0.385 e. The maximum atomic E-state index is 13.4. The van der Waals surface area contributed by atoms with Gasteiger partial charge in [0.05, 0.1) is 5.60 Å². The Morgan fingerprint density at radius 2 is 1.75 bits per heavy atom. The van der Waals surface area contributed by atoms with E-state index in [-0.39, 0.29) is 18.1 Å². The van der Waals surface area contributed by atoms with E-state index in [9.17, 15) is 13.9 Å². The Bertz CT molecular complexity index is 610. The van der Waals surface area contributed by atoms with Crippen molar-refractivity contribution in [3.8, 4) is 0 Å². The van der Waals surface area contributed by atoms with Crippen LogP contribution in [0.5, 0.6) is 0 Å². The Kier molecular flexibility index (Phi) is 4.19. The van der Waals surface area contributed by atoms with Gasteiger partial charge in [0.15, 0.2) is 0 Å². The third-order valence-electron chi connectivity index (χ3n) is 3.74. The van der Waals surface area contributed by atoms with Gasteiger partial charge in [-0.25, -0.2) is 8.78 Å². The Morgan fingerprint density at radius 3 is 2.40 bits per heavy atom. The highest BCUT2D eigenvalue weighted by molar-refractivity contribution is 5.32. The summed E-state index contributed by atoms with van der Waals surface area (Å²) in [6.45, 7) is 3.70. The van der Waals surface area contributed by atoms with Gasteiger partial charge in [-0.05, 0) is 54.3 Å². The zero-order chi connectivity index (χ0) is 14.8. The molecule has 2 rings (SSSR count). The summed E-state index contributed by atoms with van der Waals surface area (Å²) in [5.41, 5.74) is 0.970. The average Bonchev–Trinajstić information content (AvgIpc) is 2.43. The van der Waals surface area contributed by atoms with Gasteiger partial charge in [-0.3, -0.25) is 0 Å². The predicted molar refractivity (Wildman–Crippen MR) is 75.4 cm³/mol. The first-order chi connectivity index (χ1) is 9.44. The molecule has 0 amide bonds. The third-order valence-corrected chi connectivity index (χ3v) is 3.74. The smallest absolute Gasteiger partial charge is 0.123 e. The number of hydrogen-bond donors (Lipinski definition) is 1. The van der Waals surface area contributed by atoms with Gasteiger partial charge in [-0.15, -0.1) is 0 Å². The highest BCUT2D eigenvalue weighted by Gasteiger charge is 2.28. The second kappa shape index (κ2) is 5.71. The van der Waals surface area contributed by atoms with Crippen LogP contribution in [0, 0.1) is 18.6 Å². The fourth-order valence-corrected chi connectivity index (χ4v) is 2.35. The summed E-state index contributed by atoms with van der Waals surface area (Å²) in [6.07, 6.45) is 0.683. The second-order valence-corrected chi connectivity index (χ2v) is 5.14. The summed E-state index contributed by atoms with van der Waals surface area (Å²) >= 11 is 0. The molecule has 1 unspecified atom stereocenters. The first-order valence-corrected chi connectivity index (χ1v) is 6.68. The van der Waals surface area contributed by atoms with E-state index in [2.05, 4.69) is 0 Å². The third kappa shape index (κ3) is 3.05. The number of aliphatic hydroxyl groups is 1. The molecule has 0 aliphatic heterocycles. The number of halogens is 2. The molecule has 3 heteroatoms. The van der Waals surface area contributed by atoms with Crippen LogP contribution in [-0.2, 0) is 12.0 Å². The van der Waals surface area contributed by atoms with Crippen molar-refractivity contribution in [3.05, 3.63) is 70.8 Å². The fraction of sp³-hybridized carbons (Fsp3) is 0.294. The minimum absolute atomic E-state index is 0.260. The normalized spacial score (nSPS) is 14.1. The molecule has 0 aliphatic rings. The summed E-state index contributed by atoms with van der Waals surface area (Å²) in [5.74, 6) is -0.714. The van der Waals surface area contributed by atoms with Crippen LogP contribution in [0.1, 0.15) is 30.0 Å². The SMILES string of the molecule is CCC(O)(Cc1cc(F)ccc1C)c1cccc(F)c1. The van der Waals surface area contributed by atoms with E-state index >= 15 is 0 Å². The van der Waals surface area contributed by atoms with E-state index in [1.54, 1.807) is 18.2 Å². The molecule has 1 nitrogen and oxygen atoms in total. The van der Waals surface area contributed by atoms with E-state index < -0.39 is 5.60 Å². The van der Waals surface area contributed by atoms with E-state index in [1.807, 2.05) is 13.8 Å². The molecule has 2 aromatic carbocycles. The molecule has 0 aromatic heterocycles. The van der Waals surface area contributed by atoms with Gasteiger partial charge in [0, 0.05) is 6.42 Å². The lowest BCUT2D eigenvalue weighted by atomic mass is 9.84. The van der Waals surface area contributed by atoms with Crippen LogP contribution in [0.2, 0.25) is 0 Å². The van der Waals surface area contributed by atoms with Gasteiger partial charge in [0.25, 0.3) is 0 Å². The molecule has 20 heavy (non-hydrogen) atoms. The minimum atomic E-state index is -1.19. The second-order valence-electron chi connectivity index (χ2n) is 5.14. The number of rotatable bonds is 4. The molecule has 0 bridgehead atoms. The first-order valence-electron chi connectivity index (χ1n) is 6.68.